The lowest BCUT2D eigenvalue weighted by atomic mass is 10.4. The minimum Gasteiger partial charge on any atom is -0.248 e. The molecule has 0 saturated carbocycles. The van der Waals surface area contributed by atoms with E-state index in [0.717, 1.165) is 20.2 Å². The maximum Gasteiger partial charge on any atom is 0.193 e. The number of aryl methyl sites for hydroxylation is 1. The van der Waals surface area contributed by atoms with Gasteiger partial charge in [0.05, 0.1) is 0 Å². The quantitative estimate of drug-likeness (QED) is 0.793. The van der Waals surface area contributed by atoms with E-state index in [1.165, 1.54) is 11.8 Å². The lowest BCUT2D eigenvalue weighted by Gasteiger charge is -1.99. The molecule has 0 aromatic carbocycles. The molecule has 5 heteroatoms. The van der Waals surface area contributed by atoms with Crippen LogP contribution >= 0.6 is 27.7 Å². The first-order valence-corrected chi connectivity index (χ1v) is 5.93. The van der Waals surface area contributed by atoms with Gasteiger partial charge in [0.1, 0.15) is 5.03 Å². The summed E-state index contributed by atoms with van der Waals surface area (Å²) in [4.78, 5) is 12.6. The Morgan fingerprint density at radius 3 is 2.40 bits per heavy atom. The van der Waals surface area contributed by atoms with E-state index >= 15 is 0 Å². The summed E-state index contributed by atoms with van der Waals surface area (Å²) < 4.78 is 0.969. The smallest absolute Gasteiger partial charge is 0.193 e. The van der Waals surface area contributed by atoms with E-state index in [4.69, 9.17) is 0 Å². The minimum absolute atomic E-state index is 0.718. The number of halogens is 1. The Balaban J connectivity index is 2.15. The van der Waals surface area contributed by atoms with Gasteiger partial charge in [-0.1, -0.05) is 0 Å². The van der Waals surface area contributed by atoms with E-state index in [-0.39, 0.29) is 0 Å². The van der Waals surface area contributed by atoms with Crippen molar-refractivity contribution in [2.45, 2.75) is 17.1 Å². The Morgan fingerprint density at radius 2 is 1.80 bits per heavy atom. The van der Waals surface area contributed by atoms with Gasteiger partial charge in [-0.2, -0.15) is 0 Å². The van der Waals surface area contributed by atoms with E-state index in [9.17, 15) is 0 Å². The summed E-state index contributed by atoms with van der Waals surface area (Å²) in [6.07, 6.45) is 5.36. The Morgan fingerprint density at radius 1 is 1.07 bits per heavy atom. The molecule has 2 rings (SSSR count). The molecule has 0 amide bonds. The van der Waals surface area contributed by atoms with Crippen molar-refractivity contribution in [3.05, 3.63) is 40.8 Å². The third kappa shape index (κ3) is 3.00. The summed E-state index contributed by atoms with van der Waals surface area (Å²) in [6, 6.07) is 3.88. The van der Waals surface area contributed by atoms with Gasteiger partial charge < -0.3 is 0 Å². The molecule has 0 bridgehead atoms. The van der Waals surface area contributed by atoms with Gasteiger partial charge in [-0.05, 0) is 52.3 Å². The summed E-state index contributed by atoms with van der Waals surface area (Å²) in [6.45, 7) is 1.96. The van der Waals surface area contributed by atoms with Gasteiger partial charge in [-0.25, -0.2) is 15.0 Å². The lowest BCUT2D eigenvalue weighted by molar-refractivity contribution is 0.944. The highest BCUT2D eigenvalue weighted by Gasteiger charge is 2.00. The molecule has 0 fully saturated rings. The van der Waals surface area contributed by atoms with Crippen LogP contribution in [0.1, 0.15) is 5.56 Å². The van der Waals surface area contributed by atoms with Crippen LogP contribution in [0.25, 0.3) is 0 Å². The summed E-state index contributed by atoms with van der Waals surface area (Å²) in [5.41, 5.74) is 1.06. The van der Waals surface area contributed by atoms with Crippen molar-refractivity contribution in [1.82, 2.24) is 15.0 Å². The minimum atomic E-state index is 0.718. The van der Waals surface area contributed by atoms with Crippen LogP contribution in [0.5, 0.6) is 0 Å². The average molecular weight is 282 g/mol. The van der Waals surface area contributed by atoms with Gasteiger partial charge >= 0.3 is 0 Å². The molecule has 2 aromatic rings. The SMILES string of the molecule is Cc1cnc(Sc2ccc(Br)cn2)nc1. The van der Waals surface area contributed by atoms with Gasteiger partial charge in [0.2, 0.25) is 0 Å². The van der Waals surface area contributed by atoms with E-state index in [2.05, 4.69) is 30.9 Å². The fourth-order valence-electron chi connectivity index (χ4n) is 0.950. The molecule has 15 heavy (non-hydrogen) atoms. The highest BCUT2D eigenvalue weighted by atomic mass is 79.9. The summed E-state index contributed by atoms with van der Waals surface area (Å²) >= 11 is 4.79. The third-order valence-corrected chi connectivity index (χ3v) is 2.97. The molecule has 0 radical (unpaired) electrons. The van der Waals surface area contributed by atoms with Crippen LogP contribution in [0.4, 0.5) is 0 Å². The summed E-state index contributed by atoms with van der Waals surface area (Å²) in [5, 5.41) is 1.61. The van der Waals surface area contributed by atoms with Crippen LogP contribution in [0.15, 0.2) is 45.4 Å². The first-order valence-electron chi connectivity index (χ1n) is 4.32. The second kappa shape index (κ2) is 4.72. The van der Waals surface area contributed by atoms with Crippen molar-refractivity contribution in [3.63, 3.8) is 0 Å². The zero-order valence-electron chi connectivity index (χ0n) is 8.01. The van der Waals surface area contributed by atoms with Crippen LogP contribution in [0.2, 0.25) is 0 Å². The van der Waals surface area contributed by atoms with Gasteiger partial charge in [0.15, 0.2) is 5.16 Å². The molecule has 0 aliphatic heterocycles. The van der Waals surface area contributed by atoms with Gasteiger partial charge in [0, 0.05) is 23.1 Å². The van der Waals surface area contributed by atoms with Crippen molar-refractivity contribution in [2.75, 3.05) is 0 Å². The normalized spacial score (nSPS) is 10.3. The second-order valence-electron chi connectivity index (χ2n) is 2.96. The van der Waals surface area contributed by atoms with Gasteiger partial charge in [0.25, 0.3) is 0 Å². The molecule has 2 heterocycles. The number of rotatable bonds is 2. The van der Waals surface area contributed by atoms with E-state index in [0.29, 0.717) is 0 Å². The molecule has 0 spiro atoms. The Kier molecular flexibility index (Phi) is 3.33. The lowest BCUT2D eigenvalue weighted by Crippen LogP contribution is -1.87. The van der Waals surface area contributed by atoms with Crippen LogP contribution in [0, 0.1) is 6.92 Å². The number of pyridine rings is 1. The highest BCUT2D eigenvalue weighted by Crippen LogP contribution is 2.22. The van der Waals surface area contributed by atoms with Crippen LogP contribution < -0.4 is 0 Å². The first kappa shape index (κ1) is 10.6. The maximum atomic E-state index is 4.23. The third-order valence-electron chi connectivity index (χ3n) is 1.65. The van der Waals surface area contributed by atoms with Gasteiger partial charge in [-0.3, -0.25) is 0 Å². The van der Waals surface area contributed by atoms with Gasteiger partial charge in [-0.15, -0.1) is 0 Å². The van der Waals surface area contributed by atoms with Crippen LogP contribution in [-0.2, 0) is 0 Å². The molecule has 0 saturated heterocycles. The van der Waals surface area contributed by atoms with Crippen molar-refractivity contribution >= 4 is 27.7 Å². The zero-order valence-corrected chi connectivity index (χ0v) is 10.4. The van der Waals surface area contributed by atoms with E-state index in [1.807, 2.05) is 19.1 Å². The van der Waals surface area contributed by atoms with E-state index in [1.54, 1.807) is 18.6 Å². The number of aromatic nitrogens is 3. The Labute approximate surface area is 101 Å². The summed E-state index contributed by atoms with van der Waals surface area (Å²) in [7, 11) is 0. The van der Waals surface area contributed by atoms with Crippen molar-refractivity contribution in [2.24, 2.45) is 0 Å². The van der Waals surface area contributed by atoms with Crippen molar-refractivity contribution in [3.8, 4) is 0 Å². The molecule has 0 aliphatic rings. The molecule has 0 aliphatic carbocycles. The highest BCUT2D eigenvalue weighted by molar-refractivity contribution is 9.10. The van der Waals surface area contributed by atoms with Crippen LogP contribution in [0.3, 0.4) is 0 Å². The predicted molar refractivity (Wildman–Crippen MR) is 62.8 cm³/mol. The summed E-state index contributed by atoms with van der Waals surface area (Å²) in [5.74, 6) is 0. The molecule has 0 unspecified atom stereocenters. The zero-order chi connectivity index (χ0) is 10.7. The number of hydrogen-bond donors (Lipinski definition) is 0. The average Bonchev–Trinajstić information content (AvgIpc) is 2.25. The standard InChI is InChI=1S/C10H8BrN3S/c1-7-4-13-10(14-5-7)15-9-3-2-8(11)6-12-9/h2-6H,1H3. The van der Waals surface area contributed by atoms with E-state index < -0.39 is 0 Å². The fraction of sp³-hybridized carbons (Fsp3) is 0.100. The molecule has 2 aromatic heterocycles. The monoisotopic (exact) mass is 281 g/mol. The molecule has 0 N–H and O–H groups in total. The number of hydrogen-bond acceptors (Lipinski definition) is 4. The molecule has 0 atom stereocenters. The second-order valence-corrected chi connectivity index (χ2v) is 4.86. The maximum absolute atomic E-state index is 4.23. The number of nitrogens with zero attached hydrogens (tertiary/aromatic N) is 3. The molecular formula is C10H8BrN3S. The predicted octanol–water partition coefficient (Wildman–Crippen LogP) is 3.09. The van der Waals surface area contributed by atoms with Crippen molar-refractivity contribution in [1.29, 1.82) is 0 Å². The molecule has 76 valence electrons. The first-order chi connectivity index (χ1) is 7.24. The van der Waals surface area contributed by atoms with Crippen molar-refractivity contribution < 1.29 is 0 Å². The molecule has 3 nitrogen and oxygen atoms in total. The largest absolute Gasteiger partial charge is 0.248 e. The Hall–Kier alpha value is -0.940. The fourth-order valence-corrected chi connectivity index (χ4v) is 1.82. The molecular weight excluding hydrogens is 274 g/mol. The Bertz CT molecular complexity index is 398. The topological polar surface area (TPSA) is 38.7 Å². The van der Waals surface area contributed by atoms with Crippen LogP contribution in [-0.4, -0.2) is 15.0 Å².